The summed E-state index contributed by atoms with van der Waals surface area (Å²) in [5, 5.41) is -0.335. The molecule has 4 rings (SSSR count). The first-order chi connectivity index (χ1) is 20.6. The molecule has 43 heavy (non-hydrogen) atoms. The molecule has 226 valence electrons. The molecule has 0 heterocycles. The van der Waals surface area contributed by atoms with Gasteiger partial charge in [0.05, 0.1) is 17.2 Å². The van der Waals surface area contributed by atoms with Crippen molar-refractivity contribution in [3.05, 3.63) is 130 Å². The molecule has 0 aromatic heterocycles. The Morgan fingerprint density at radius 3 is 2.16 bits per heavy atom. The van der Waals surface area contributed by atoms with Crippen LogP contribution in [0, 0.1) is 5.82 Å². The third-order valence-electron chi connectivity index (χ3n) is 7.00. The van der Waals surface area contributed by atoms with Crippen LogP contribution >= 0.6 is 11.6 Å². The zero-order valence-corrected chi connectivity index (χ0v) is 24.9. The summed E-state index contributed by atoms with van der Waals surface area (Å²) in [4.78, 5) is 13.3. The molecule has 10 heteroatoms. The van der Waals surface area contributed by atoms with E-state index in [0.29, 0.717) is 31.4 Å². The Hall–Kier alpha value is -3.37. The van der Waals surface area contributed by atoms with E-state index in [9.17, 15) is 26.9 Å². The molecule has 0 spiro atoms. The van der Waals surface area contributed by atoms with Crippen molar-refractivity contribution in [3.8, 4) is 5.75 Å². The van der Waals surface area contributed by atoms with Crippen molar-refractivity contribution in [2.24, 2.45) is 0 Å². The van der Waals surface area contributed by atoms with Crippen LogP contribution in [0.1, 0.15) is 45.0 Å². The summed E-state index contributed by atoms with van der Waals surface area (Å²) in [6, 6.07) is 26.0. The first-order valence-electron chi connectivity index (χ1n) is 13.5. The molecule has 1 atom stereocenters. The molecule has 0 aliphatic heterocycles. The van der Waals surface area contributed by atoms with Gasteiger partial charge in [0, 0.05) is 37.7 Å². The number of ether oxygens (including phenoxy) is 1. The van der Waals surface area contributed by atoms with Crippen LogP contribution < -0.4 is 4.74 Å². The third-order valence-corrected chi connectivity index (χ3v) is 8.41. The number of benzene rings is 4. The van der Waals surface area contributed by atoms with Crippen molar-refractivity contribution in [2.45, 2.75) is 30.0 Å². The SMILES string of the molecule is C[S+]([O-])c1cc(OCCCN(Cc2cccc(C(F)(F)F)c2Cl)CC(c2ccccc2)c2ccccc2)cc(F)c1C=O. The quantitative estimate of drug-likeness (QED) is 0.0647. The van der Waals surface area contributed by atoms with Crippen LogP contribution in [0.4, 0.5) is 17.6 Å². The monoisotopic (exact) mass is 631 g/mol. The predicted octanol–water partition coefficient (Wildman–Crippen LogP) is 8.15. The van der Waals surface area contributed by atoms with E-state index < -0.39 is 28.7 Å². The molecule has 0 radical (unpaired) electrons. The molecule has 0 aliphatic rings. The Morgan fingerprint density at radius 2 is 1.60 bits per heavy atom. The number of carbonyl (C=O) groups excluding carboxylic acids is 1. The minimum absolute atomic E-state index is 0.0411. The largest absolute Gasteiger partial charge is 0.612 e. The molecular formula is C33H30ClF4NO3S. The van der Waals surface area contributed by atoms with E-state index in [0.717, 1.165) is 23.3 Å². The first kappa shape index (κ1) is 32.5. The Bertz CT molecular complexity index is 1460. The fraction of sp³-hybridized carbons (Fsp3) is 0.242. The number of carbonyl (C=O) groups is 1. The summed E-state index contributed by atoms with van der Waals surface area (Å²) < 4.78 is 73.0. The third kappa shape index (κ3) is 8.60. The molecule has 4 nitrogen and oxygen atoms in total. The van der Waals surface area contributed by atoms with Gasteiger partial charge < -0.3 is 9.29 Å². The maximum atomic E-state index is 14.4. The summed E-state index contributed by atoms with van der Waals surface area (Å²) in [6.07, 6.45) is -2.48. The van der Waals surface area contributed by atoms with Crippen LogP contribution in [-0.4, -0.2) is 41.7 Å². The Balaban J connectivity index is 1.57. The van der Waals surface area contributed by atoms with E-state index in [1.54, 1.807) is 6.07 Å². The summed E-state index contributed by atoms with van der Waals surface area (Å²) in [7, 11) is 0. The predicted molar refractivity (Wildman–Crippen MR) is 161 cm³/mol. The number of nitrogens with zero attached hydrogens (tertiary/aromatic N) is 1. The molecule has 4 aromatic carbocycles. The lowest BCUT2D eigenvalue weighted by molar-refractivity contribution is -0.137. The zero-order chi connectivity index (χ0) is 31.0. The summed E-state index contributed by atoms with van der Waals surface area (Å²) in [5.41, 5.74) is 1.29. The maximum Gasteiger partial charge on any atom is 0.417 e. The second-order valence-electron chi connectivity index (χ2n) is 9.98. The fourth-order valence-electron chi connectivity index (χ4n) is 4.91. The first-order valence-corrected chi connectivity index (χ1v) is 15.4. The van der Waals surface area contributed by atoms with Gasteiger partial charge in [-0.2, -0.15) is 13.2 Å². The van der Waals surface area contributed by atoms with E-state index in [4.69, 9.17) is 16.3 Å². The standard InChI is InChI=1S/C33H30ClF4NO3S/c1-43(41)31-19-26(18-30(35)28(31)22-40)42-17-9-16-39(20-25-14-8-15-29(32(25)34)33(36,37)38)21-27(23-10-4-2-5-11-23)24-12-6-3-7-13-24/h2-8,10-15,18-19,22,27H,9,16-17,20-21H2,1H3. The van der Waals surface area contributed by atoms with Gasteiger partial charge in [-0.1, -0.05) is 84.4 Å². The van der Waals surface area contributed by atoms with Gasteiger partial charge in [0.2, 0.25) is 0 Å². The number of hydrogen-bond donors (Lipinski definition) is 0. The van der Waals surface area contributed by atoms with E-state index >= 15 is 0 Å². The summed E-state index contributed by atoms with van der Waals surface area (Å²) >= 11 is 4.67. The lowest BCUT2D eigenvalue weighted by atomic mass is 9.90. The van der Waals surface area contributed by atoms with Gasteiger partial charge >= 0.3 is 6.18 Å². The molecule has 0 saturated heterocycles. The van der Waals surface area contributed by atoms with Gasteiger partial charge in [0.25, 0.3) is 0 Å². The van der Waals surface area contributed by atoms with Gasteiger partial charge in [-0.05, 0) is 40.4 Å². The minimum atomic E-state index is -4.59. The van der Waals surface area contributed by atoms with E-state index in [1.807, 2.05) is 65.6 Å². The molecule has 0 saturated carbocycles. The maximum absolute atomic E-state index is 14.4. The van der Waals surface area contributed by atoms with Gasteiger partial charge in [0.15, 0.2) is 11.2 Å². The van der Waals surface area contributed by atoms with Crippen molar-refractivity contribution < 1.29 is 31.6 Å². The van der Waals surface area contributed by atoms with Crippen molar-refractivity contribution in [1.82, 2.24) is 4.90 Å². The smallest absolute Gasteiger partial charge is 0.417 e. The van der Waals surface area contributed by atoms with E-state index in [1.165, 1.54) is 18.4 Å². The molecule has 0 N–H and O–H groups in total. The normalized spacial score (nSPS) is 12.5. The second-order valence-corrected chi connectivity index (χ2v) is 11.7. The van der Waals surface area contributed by atoms with Gasteiger partial charge in [0.1, 0.15) is 23.4 Å². The molecular weight excluding hydrogens is 602 g/mol. The molecule has 0 amide bonds. The topological polar surface area (TPSA) is 52.6 Å². The highest BCUT2D eigenvalue weighted by Gasteiger charge is 2.34. The average molecular weight is 632 g/mol. The van der Waals surface area contributed by atoms with Crippen LogP contribution in [0.5, 0.6) is 5.75 Å². The van der Waals surface area contributed by atoms with Crippen LogP contribution in [0.15, 0.2) is 95.9 Å². The van der Waals surface area contributed by atoms with Crippen molar-refractivity contribution >= 4 is 29.1 Å². The lowest BCUT2D eigenvalue weighted by Gasteiger charge is -2.29. The van der Waals surface area contributed by atoms with E-state index in [2.05, 4.69) is 0 Å². The number of aldehydes is 1. The minimum Gasteiger partial charge on any atom is -0.612 e. The number of rotatable bonds is 13. The Morgan fingerprint density at radius 1 is 0.977 bits per heavy atom. The Labute approximate surface area is 256 Å². The number of hydrogen-bond acceptors (Lipinski definition) is 4. The average Bonchev–Trinajstić information content (AvgIpc) is 2.98. The summed E-state index contributed by atoms with van der Waals surface area (Å²) in [6.45, 7) is 1.19. The highest BCUT2D eigenvalue weighted by Crippen LogP contribution is 2.37. The molecule has 1 unspecified atom stereocenters. The summed E-state index contributed by atoms with van der Waals surface area (Å²) in [5.74, 6) is -0.778. The van der Waals surface area contributed by atoms with Gasteiger partial charge in [-0.15, -0.1) is 0 Å². The highest BCUT2D eigenvalue weighted by molar-refractivity contribution is 7.90. The van der Waals surface area contributed by atoms with Crippen LogP contribution in [0.2, 0.25) is 5.02 Å². The van der Waals surface area contributed by atoms with Crippen molar-refractivity contribution in [2.75, 3.05) is 26.0 Å². The van der Waals surface area contributed by atoms with Gasteiger partial charge in [-0.25, -0.2) is 4.39 Å². The number of halogens is 5. The fourth-order valence-corrected chi connectivity index (χ4v) is 5.94. The lowest BCUT2D eigenvalue weighted by Crippen LogP contribution is -2.31. The van der Waals surface area contributed by atoms with Crippen molar-refractivity contribution in [3.63, 3.8) is 0 Å². The van der Waals surface area contributed by atoms with Crippen molar-refractivity contribution in [1.29, 1.82) is 0 Å². The second kappa shape index (κ2) is 14.9. The molecule has 0 fully saturated rings. The zero-order valence-electron chi connectivity index (χ0n) is 23.3. The van der Waals surface area contributed by atoms with E-state index in [-0.39, 0.29) is 40.3 Å². The molecule has 0 aliphatic carbocycles. The van der Waals surface area contributed by atoms with Gasteiger partial charge in [-0.3, -0.25) is 9.69 Å². The Kier molecular flexibility index (Phi) is 11.3. The number of alkyl halides is 3. The highest BCUT2D eigenvalue weighted by atomic mass is 35.5. The molecule has 0 bridgehead atoms. The van der Waals surface area contributed by atoms with Crippen LogP contribution in [0.25, 0.3) is 0 Å². The molecule has 4 aromatic rings. The van der Waals surface area contributed by atoms with Crippen LogP contribution in [0.3, 0.4) is 0 Å². The van der Waals surface area contributed by atoms with Crippen LogP contribution in [-0.2, 0) is 23.9 Å².